The first-order valence-corrected chi connectivity index (χ1v) is 4.13. The van der Waals surface area contributed by atoms with Gasteiger partial charge in [-0.05, 0) is 6.92 Å². The zero-order chi connectivity index (χ0) is 9.26. The van der Waals surface area contributed by atoms with Crippen molar-refractivity contribution in [2.24, 2.45) is 0 Å². The lowest BCUT2D eigenvalue weighted by Gasteiger charge is -2.14. The van der Waals surface area contributed by atoms with Crippen LogP contribution in [0.4, 0.5) is 11.5 Å². The average Bonchev–Trinajstić information content (AvgIpc) is 2.46. The minimum atomic E-state index is 0.619. The van der Waals surface area contributed by atoms with E-state index >= 15 is 0 Å². The number of nitrogens with zero attached hydrogens (tertiary/aromatic N) is 4. The molecule has 0 unspecified atom stereocenters. The third-order valence-corrected chi connectivity index (χ3v) is 1.81. The second-order valence-corrected chi connectivity index (χ2v) is 2.70. The van der Waals surface area contributed by atoms with Gasteiger partial charge in [0.2, 0.25) is 0 Å². The van der Waals surface area contributed by atoms with Gasteiger partial charge >= 0.3 is 0 Å². The van der Waals surface area contributed by atoms with Crippen LogP contribution in [0.2, 0.25) is 0 Å². The Bertz CT molecular complexity index is 304. The minimum Gasteiger partial charge on any atom is -0.345 e. The van der Waals surface area contributed by atoms with E-state index in [1.54, 1.807) is 11.3 Å². The second-order valence-electron chi connectivity index (χ2n) is 2.70. The number of fused-ring (bicyclic) bond motifs is 1. The van der Waals surface area contributed by atoms with E-state index in [2.05, 4.69) is 9.97 Å². The van der Waals surface area contributed by atoms with Gasteiger partial charge in [-0.25, -0.2) is 15.0 Å². The maximum absolute atomic E-state index is 5.35. The largest absolute Gasteiger partial charge is 0.345 e. The van der Waals surface area contributed by atoms with Crippen LogP contribution in [0.25, 0.3) is 0 Å². The van der Waals surface area contributed by atoms with Gasteiger partial charge in [-0.1, -0.05) is 0 Å². The summed E-state index contributed by atoms with van der Waals surface area (Å²) in [6, 6.07) is 0. The number of hydrogen-bond donors (Lipinski definition) is 0. The van der Waals surface area contributed by atoms with Crippen LogP contribution in [0.1, 0.15) is 6.92 Å². The molecule has 0 aliphatic carbocycles. The second kappa shape index (κ2) is 3.18. The van der Waals surface area contributed by atoms with Crippen LogP contribution in [0, 0.1) is 6.67 Å². The molecule has 0 N–H and O–H groups in total. The summed E-state index contributed by atoms with van der Waals surface area (Å²) < 4.78 is 0. The molecule has 0 atom stereocenters. The molecule has 0 spiro atoms. The Morgan fingerprint density at radius 2 is 2.38 bits per heavy atom. The fourth-order valence-corrected chi connectivity index (χ4v) is 1.24. The van der Waals surface area contributed by atoms with Crippen LogP contribution in [-0.4, -0.2) is 23.6 Å². The van der Waals surface area contributed by atoms with Gasteiger partial charge in [-0.2, -0.15) is 0 Å². The van der Waals surface area contributed by atoms with E-state index in [4.69, 9.17) is 4.84 Å². The molecule has 2 heterocycles. The van der Waals surface area contributed by atoms with Crippen LogP contribution in [0.5, 0.6) is 0 Å². The molecule has 0 saturated carbocycles. The summed E-state index contributed by atoms with van der Waals surface area (Å²) >= 11 is 0. The van der Waals surface area contributed by atoms with Crippen molar-refractivity contribution in [3.05, 3.63) is 19.2 Å². The Kier molecular flexibility index (Phi) is 2.02. The SMILES string of the molecule is CCON1[CH]N(C)c2cncnc21. The van der Waals surface area contributed by atoms with E-state index in [0.29, 0.717) is 6.61 Å². The molecule has 5 nitrogen and oxygen atoms in total. The number of anilines is 2. The maximum Gasteiger partial charge on any atom is 0.181 e. The van der Waals surface area contributed by atoms with Gasteiger partial charge in [0.15, 0.2) is 12.5 Å². The first kappa shape index (κ1) is 8.25. The summed E-state index contributed by atoms with van der Waals surface area (Å²) in [5.74, 6) is 0.791. The quantitative estimate of drug-likeness (QED) is 0.671. The Balaban J connectivity index is 2.30. The fourth-order valence-electron chi connectivity index (χ4n) is 1.24. The Morgan fingerprint density at radius 3 is 3.15 bits per heavy atom. The molecule has 0 bridgehead atoms. The van der Waals surface area contributed by atoms with Crippen LogP contribution >= 0.6 is 0 Å². The van der Waals surface area contributed by atoms with Crippen LogP contribution in [0.3, 0.4) is 0 Å². The molecule has 1 aliphatic rings. The summed E-state index contributed by atoms with van der Waals surface area (Å²) in [4.78, 5) is 15.3. The van der Waals surface area contributed by atoms with Crippen molar-refractivity contribution in [2.75, 3.05) is 23.6 Å². The lowest BCUT2D eigenvalue weighted by Crippen LogP contribution is -2.22. The molecule has 1 aromatic heterocycles. The molecular weight excluding hydrogens is 168 g/mol. The van der Waals surface area contributed by atoms with Crippen LogP contribution in [-0.2, 0) is 4.84 Å². The summed E-state index contributed by atoms with van der Waals surface area (Å²) in [6.45, 7) is 4.39. The van der Waals surface area contributed by atoms with E-state index in [-0.39, 0.29) is 0 Å². The van der Waals surface area contributed by atoms with Crippen molar-refractivity contribution in [3.8, 4) is 0 Å². The normalized spacial score (nSPS) is 14.9. The molecule has 0 aromatic carbocycles. The third kappa shape index (κ3) is 1.31. The topological polar surface area (TPSA) is 41.5 Å². The molecule has 5 heteroatoms. The van der Waals surface area contributed by atoms with Gasteiger partial charge in [0.25, 0.3) is 0 Å². The number of hydroxylamine groups is 1. The van der Waals surface area contributed by atoms with E-state index in [0.717, 1.165) is 11.5 Å². The highest BCUT2D eigenvalue weighted by atomic mass is 16.7. The van der Waals surface area contributed by atoms with Crippen molar-refractivity contribution >= 4 is 11.5 Å². The lowest BCUT2D eigenvalue weighted by molar-refractivity contribution is 0.137. The zero-order valence-corrected chi connectivity index (χ0v) is 7.64. The highest BCUT2D eigenvalue weighted by Crippen LogP contribution is 2.33. The predicted molar refractivity (Wildman–Crippen MR) is 48.8 cm³/mol. The van der Waals surface area contributed by atoms with Crippen molar-refractivity contribution in [2.45, 2.75) is 6.92 Å². The number of aromatic nitrogens is 2. The van der Waals surface area contributed by atoms with Gasteiger partial charge < -0.3 is 4.90 Å². The van der Waals surface area contributed by atoms with E-state index in [1.165, 1.54) is 6.33 Å². The summed E-state index contributed by atoms with van der Waals surface area (Å²) in [7, 11) is 1.93. The first-order valence-electron chi connectivity index (χ1n) is 4.13. The maximum atomic E-state index is 5.35. The molecule has 13 heavy (non-hydrogen) atoms. The van der Waals surface area contributed by atoms with Gasteiger partial charge in [0, 0.05) is 7.05 Å². The first-order chi connectivity index (χ1) is 6.33. The molecule has 1 radical (unpaired) electrons. The standard InChI is InChI=1S/C8H11N4O/c1-3-13-12-6-11(2)7-4-9-5-10-8(7)12/h4-6H,3H2,1-2H3. The fraction of sp³-hybridized carbons (Fsp3) is 0.375. The van der Waals surface area contributed by atoms with Crippen LogP contribution < -0.4 is 9.96 Å². The Labute approximate surface area is 76.9 Å². The smallest absolute Gasteiger partial charge is 0.181 e. The lowest BCUT2D eigenvalue weighted by atomic mass is 10.5. The molecule has 0 fully saturated rings. The number of rotatable bonds is 2. The average molecular weight is 179 g/mol. The van der Waals surface area contributed by atoms with E-state index < -0.39 is 0 Å². The monoisotopic (exact) mass is 179 g/mol. The molecule has 69 valence electrons. The molecule has 0 amide bonds. The predicted octanol–water partition coefficient (Wildman–Crippen LogP) is 0.804. The Morgan fingerprint density at radius 1 is 1.54 bits per heavy atom. The van der Waals surface area contributed by atoms with Gasteiger partial charge in [-0.3, -0.25) is 4.84 Å². The summed E-state index contributed by atoms with van der Waals surface area (Å²) in [5, 5.41) is 1.65. The highest BCUT2D eigenvalue weighted by Gasteiger charge is 2.25. The zero-order valence-electron chi connectivity index (χ0n) is 7.64. The van der Waals surface area contributed by atoms with Crippen LogP contribution in [0.15, 0.2) is 12.5 Å². The minimum absolute atomic E-state index is 0.619. The highest BCUT2D eigenvalue weighted by molar-refractivity contribution is 5.71. The van der Waals surface area contributed by atoms with Crippen molar-refractivity contribution in [1.82, 2.24) is 9.97 Å². The van der Waals surface area contributed by atoms with E-state index in [1.807, 2.05) is 25.5 Å². The summed E-state index contributed by atoms with van der Waals surface area (Å²) in [6.07, 6.45) is 3.27. The third-order valence-electron chi connectivity index (χ3n) is 1.81. The Hall–Kier alpha value is -1.36. The number of hydrogen-bond acceptors (Lipinski definition) is 5. The molecule has 2 rings (SSSR count). The van der Waals surface area contributed by atoms with Crippen molar-refractivity contribution < 1.29 is 4.84 Å². The molecular formula is C8H11N4O. The molecule has 1 aromatic rings. The molecule has 0 saturated heterocycles. The van der Waals surface area contributed by atoms with E-state index in [9.17, 15) is 0 Å². The van der Waals surface area contributed by atoms with Gasteiger partial charge in [-0.15, -0.1) is 0 Å². The van der Waals surface area contributed by atoms with Gasteiger partial charge in [0.1, 0.15) is 12.0 Å². The molecule has 1 aliphatic heterocycles. The van der Waals surface area contributed by atoms with Crippen molar-refractivity contribution in [3.63, 3.8) is 0 Å². The van der Waals surface area contributed by atoms with Crippen molar-refractivity contribution in [1.29, 1.82) is 0 Å². The summed E-state index contributed by atoms with van der Waals surface area (Å²) in [5.41, 5.74) is 0.955. The van der Waals surface area contributed by atoms with Gasteiger partial charge in [0.05, 0.1) is 12.8 Å².